The zero-order chi connectivity index (χ0) is 20.8. The minimum absolute atomic E-state index is 0.000153. The van der Waals surface area contributed by atoms with Crippen molar-refractivity contribution in [1.82, 2.24) is 15.2 Å². The number of amides is 1. The molecule has 1 heterocycles. The van der Waals surface area contributed by atoms with Crippen LogP contribution in [0, 0.1) is 20.2 Å². The molecule has 0 saturated carbocycles. The van der Waals surface area contributed by atoms with Crippen molar-refractivity contribution in [3.63, 3.8) is 0 Å². The number of nitro benzene ring substituents is 2. The molecule has 1 amide bonds. The third kappa shape index (κ3) is 5.07. The Balaban J connectivity index is 1.57. The van der Waals surface area contributed by atoms with Crippen LogP contribution < -0.4 is 5.43 Å². The van der Waals surface area contributed by atoms with Gasteiger partial charge in [-0.3, -0.25) is 29.7 Å². The minimum Gasteiger partial charge on any atom is -0.268 e. The van der Waals surface area contributed by atoms with E-state index < -0.39 is 15.8 Å². The second-order valence-electron chi connectivity index (χ2n) is 5.87. The largest absolute Gasteiger partial charge is 0.291 e. The van der Waals surface area contributed by atoms with E-state index in [1.165, 1.54) is 53.4 Å². The molecule has 3 aromatic rings. The first kappa shape index (κ1) is 19.4. The summed E-state index contributed by atoms with van der Waals surface area (Å²) in [6.07, 6.45) is 2.96. The topological polar surface area (TPSA) is 146 Å². The molecule has 0 aliphatic heterocycles. The fourth-order valence-electron chi connectivity index (χ4n) is 2.39. The summed E-state index contributed by atoms with van der Waals surface area (Å²) in [7, 11) is 0. The Labute approximate surface area is 163 Å². The maximum atomic E-state index is 12.1. The summed E-state index contributed by atoms with van der Waals surface area (Å²) in [5, 5.41) is 29.2. The quantitative estimate of drug-likeness (QED) is 0.370. The molecule has 0 atom stereocenters. The van der Waals surface area contributed by atoms with Crippen molar-refractivity contribution in [2.75, 3.05) is 0 Å². The lowest BCUT2D eigenvalue weighted by molar-refractivity contribution is -0.385. The Morgan fingerprint density at radius 2 is 1.59 bits per heavy atom. The van der Waals surface area contributed by atoms with Gasteiger partial charge in [-0.05, 0) is 29.3 Å². The Hall–Kier alpha value is -4.41. The van der Waals surface area contributed by atoms with E-state index in [0.717, 1.165) is 5.56 Å². The van der Waals surface area contributed by atoms with E-state index >= 15 is 0 Å². The van der Waals surface area contributed by atoms with Crippen LogP contribution in [0.25, 0.3) is 0 Å². The summed E-state index contributed by atoms with van der Waals surface area (Å²) in [5.74, 6) is -0.523. The Morgan fingerprint density at radius 3 is 2.17 bits per heavy atom. The Kier molecular flexibility index (Phi) is 5.69. The molecular weight excluding hydrogens is 380 g/mol. The summed E-state index contributed by atoms with van der Waals surface area (Å²) in [6.45, 7) is 0.345. The van der Waals surface area contributed by atoms with Crippen LogP contribution in [-0.2, 0) is 6.54 Å². The van der Waals surface area contributed by atoms with Gasteiger partial charge in [0.2, 0.25) is 0 Å². The van der Waals surface area contributed by atoms with Gasteiger partial charge < -0.3 is 0 Å². The lowest BCUT2D eigenvalue weighted by atomic mass is 10.2. The van der Waals surface area contributed by atoms with E-state index in [-0.39, 0.29) is 17.1 Å². The van der Waals surface area contributed by atoms with Gasteiger partial charge in [0.25, 0.3) is 17.3 Å². The van der Waals surface area contributed by atoms with Crippen LogP contribution in [0.4, 0.5) is 11.4 Å². The molecule has 11 nitrogen and oxygen atoms in total. The molecule has 2 aromatic carbocycles. The van der Waals surface area contributed by atoms with Gasteiger partial charge in [0.15, 0.2) is 5.69 Å². The van der Waals surface area contributed by atoms with Gasteiger partial charge in [-0.25, -0.2) is 5.43 Å². The highest BCUT2D eigenvalue weighted by atomic mass is 16.6. The Morgan fingerprint density at radius 1 is 1.00 bits per heavy atom. The zero-order valence-corrected chi connectivity index (χ0v) is 14.8. The van der Waals surface area contributed by atoms with Crippen LogP contribution in [0.15, 0.2) is 65.9 Å². The van der Waals surface area contributed by atoms with Gasteiger partial charge in [-0.1, -0.05) is 12.1 Å². The number of hydrazone groups is 1. The van der Waals surface area contributed by atoms with Gasteiger partial charge >= 0.3 is 0 Å². The van der Waals surface area contributed by atoms with Crippen molar-refractivity contribution in [3.05, 3.63) is 97.8 Å². The summed E-state index contributed by atoms with van der Waals surface area (Å²) in [5.41, 5.74) is 3.81. The highest BCUT2D eigenvalue weighted by Crippen LogP contribution is 2.13. The van der Waals surface area contributed by atoms with E-state index in [9.17, 15) is 25.0 Å². The number of carbonyl (C=O) groups is 1. The second kappa shape index (κ2) is 8.52. The van der Waals surface area contributed by atoms with Crippen molar-refractivity contribution in [1.29, 1.82) is 0 Å². The molecule has 1 N–H and O–H groups in total. The van der Waals surface area contributed by atoms with Crippen LogP contribution in [0.5, 0.6) is 0 Å². The number of rotatable bonds is 7. The molecule has 29 heavy (non-hydrogen) atoms. The average Bonchev–Trinajstić information content (AvgIpc) is 3.17. The molecule has 1 aromatic heterocycles. The highest BCUT2D eigenvalue weighted by Gasteiger charge is 2.10. The zero-order valence-electron chi connectivity index (χ0n) is 14.8. The maximum Gasteiger partial charge on any atom is 0.291 e. The second-order valence-corrected chi connectivity index (χ2v) is 5.87. The third-order valence-electron chi connectivity index (χ3n) is 3.85. The van der Waals surface area contributed by atoms with Gasteiger partial charge in [-0.15, -0.1) is 0 Å². The highest BCUT2D eigenvalue weighted by molar-refractivity contribution is 5.93. The number of aromatic nitrogens is 2. The molecule has 146 valence electrons. The molecule has 0 unspecified atom stereocenters. The minimum atomic E-state index is -0.523. The lowest BCUT2D eigenvalue weighted by Crippen LogP contribution is -2.18. The van der Waals surface area contributed by atoms with E-state index in [1.54, 1.807) is 18.3 Å². The fraction of sp³-hybridized carbons (Fsp3) is 0.0556. The first-order valence-electron chi connectivity index (χ1n) is 8.27. The van der Waals surface area contributed by atoms with Crippen molar-refractivity contribution < 1.29 is 14.6 Å². The number of nitrogens with zero attached hydrogens (tertiary/aromatic N) is 5. The molecule has 0 fully saturated rings. The third-order valence-corrected chi connectivity index (χ3v) is 3.85. The number of nitro groups is 2. The van der Waals surface area contributed by atoms with Gasteiger partial charge in [-0.2, -0.15) is 10.2 Å². The van der Waals surface area contributed by atoms with E-state index in [2.05, 4.69) is 15.6 Å². The average molecular weight is 394 g/mol. The van der Waals surface area contributed by atoms with Crippen LogP contribution >= 0.6 is 0 Å². The van der Waals surface area contributed by atoms with Gasteiger partial charge in [0.1, 0.15) is 0 Å². The van der Waals surface area contributed by atoms with Gasteiger partial charge in [0.05, 0.1) is 22.6 Å². The summed E-state index contributed by atoms with van der Waals surface area (Å²) in [6, 6.07) is 13.2. The van der Waals surface area contributed by atoms with Crippen LogP contribution in [-0.4, -0.2) is 31.7 Å². The normalized spacial score (nSPS) is 10.8. The maximum absolute atomic E-state index is 12.1. The predicted molar refractivity (Wildman–Crippen MR) is 103 cm³/mol. The predicted octanol–water partition coefficient (Wildman–Crippen LogP) is 2.51. The molecule has 0 aliphatic rings. The first-order chi connectivity index (χ1) is 13.9. The molecular formula is C18H14N6O5. The number of hydrogen-bond donors (Lipinski definition) is 1. The summed E-state index contributed by atoms with van der Waals surface area (Å²) >= 11 is 0. The van der Waals surface area contributed by atoms with Crippen molar-refractivity contribution in [3.8, 4) is 0 Å². The molecule has 0 saturated heterocycles. The molecule has 0 bridgehead atoms. The number of carbonyl (C=O) groups excluding carboxylic acids is 1. The number of nitrogens with one attached hydrogen (secondary N) is 1. The van der Waals surface area contributed by atoms with Crippen molar-refractivity contribution >= 4 is 23.5 Å². The smallest absolute Gasteiger partial charge is 0.268 e. The number of benzene rings is 2. The molecule has 3 rings (SSSR count). The number of hydrogen-bond acceptors (Lipinski definition) is 7. The first-order valence-corrected chi connectivity index (χ1v) is 8.27. The number of non-ortho nitro benzene ring substituents is 2. The standard InChI is InChI=1S/C18H14N6O5/c25-18(20-19-11-13-1-5-15(6-2-13)23(26)27)17-9-10-22(21-17)12-14-3-7-16(8-4-14)24(28)29/h1-11H,12H2,(H,20,25)/b19-11-. The van der Waals surface area contributed by atoms with Crippen molar-refractivity contribution in [2.45, 2.75) is 6.54 Å². The van der Waals surface area contributed by atoms with Gasteiger partial charge in [0, 0.05) is 30.5 Å². The van der Waals surface area contributed by atoms with Crippen LogP contribution in [0.2, 0.25) is 0 Å². The van der Waals surface area contributed by atoms with Crippen LogP contribution in [0.1, 0.15) is 21.6 Å². The van der Waals surface area contributed by atoms with Crippen molar-refractivity contribution in [2.24, 2.45) is 5.10 Å². The van der Waals surface area contributed by atoms with E-state index in [1.807, 2.05) is 0 Å². The summed E-state index contributed by atoms with van der Waals surface area (Å²) < 4.78 is 1.52. The summed E-state index contributed by atoms with van der Waals surface area (Å²) in [4.78, 5) is 32.4. The Bertz CT molecular complexity index is 1070. The molecule has 0 aliphatic carbocycles. The molecule has 0 spiro atoms. The lowest BCUT2D eigenvalue weighted by Gasteiger charge is -2.01. The molecule has 0 radical (unpaired) electrons. The monoisotopic (exact) mass is 394 g/mol. The fourth-order valence-corrected chi connectivity index (χ4v) is 2.39. The SMILES string of the molecule is O=C(N/N=C\c1ccc([N+](=O)[O-])cc1)c1ccn(Cc2ccc([N+](=O)[O-])cc2)n1. The van der Waals surface area contributed by atoms with E-state index in [0.29, 0.717) is 12.1 Å². The van der Waals surface area contributed by atoms with Crippen LogP contribution in [0.3, 0.4) is 0 Å². The molecule has 11 heteroatoms. The van der Waals surface area contributed by atoms with E-state index in [4.69, 9.17) is 0 Å².